The zero-order chi connectivity index (χ0) is 20.2. The molecule has 0 aromatic heterocycles. The summed E-state index contributed by atoms with van der Waals surface area (Å²) < 4.78 is 26.9. The second-order valence-corrected chi connectivity index (χ2v) is 9.77. The quantitative estimate of drug-likeness (QED) is 0.662. The van der Waals surface area contributed by atoms with E-state index in [1.807, 2.05) is 6.92 Å². The SMILES string of the molecule is CC(C)NS(=O)(=O)c1ccc(NC(=O)[C@H](C)N[C@@H]2CCC[C@H](C)[C@H]2C)cc1. The maximum absolute atomic E-state index is 12.5. The number of anilines is 1. The molecule has 1 aliphatic carbocycles. The van der Waals surface area contributed by atoms with Gasteiger partial charge in [-0.25, -0.2) is 13.1 Å². The minimum absolute atomic E-state index is 0.115. The molecule has 1 aromatic rings. The Morgan fingerprint density at radius 3 is 2.30 bits per heavy atom. The fourth-order valence-electron chi connectivity index (χ4n) is 3.56. The molecule has 7 heteroatoms. The van der Waals surface area contributed by atoms with Crippen molar-refractivity contribution in [2.24, 2.45) is 11.8 Å². The van der Waals surface area contributed by atoms with Crippen LogP contribution in [-0.2, 0) is 14.8 Å². The van der Waals surface area contributed by atoms with Crippen LogP contribution in [0.25, 0.3) is 0 Å². The van der Waals surface area contributed by atoms with Gasteiger partial charge in [0.1, 0.15) is 0 Å². The third-order valence-corrected chi connectivity index (χ3v) is 7.06. The van der Waals surface area contributed by atoms with Gasteiger partial charge in [-0.1, -0.05) is 26.7 Å². The molecule has 1 amide bonds. The molecule has 3 N–H and O–H groups in total. The predicted molar refractivity (Wildman–Crippen MR) is 109 cm³/mol. The Kier molecular flexibility index (Phi) is 7.42. The monoisotopic (exact) mass is 395 g/mol. The summed E-state index contributed by atoms with van der Waals surface area (Å²) in [5, 5.41) is 6.32. The van der Waals surface area contributed by atoms with Gasteiger partial charge >= 0.3 is 0 Å². The molecule has 1 aromatic carbocycles. The van der Waals surface area contributed by atoms with Crippen LogP contribution in [0.1, 0.15) is 53.9 Å². The number of hydrogen-bond acceptors (Lipinski definition) is 4. The lowest BCUT2D eigenvalue weighted by Gasteiger charge is -2.36. The van der Waals surface area contributed by atoms with Crippen LogP contribution in [0.3, 0.4) is 0 Å². The van der Waals surface area contributed by atoms with Gasteiger partial charge in [0.05, 0.1) is 10.9 Å². The summed E-state index contributed by atoms with van der Waals surface area (Å²) in [5.41, 5.74) is 0.585. The average Bonchev–Trinajstić information content (AvgIpc) is 2.58. The molecule has 0 heterocycles. The molecule has 1 aliphatic rings. The summed E-state index contributed by atoms with van der Waals surface area (Å²) >= 11 is 0. The Balaban J connectivity index is 1.95. The van der Waals surface area contributed by atoms with Gasteiger partial charge in [0, 0.05) is 17.8 Å². The Labute approximate surface area is 163 Å². The molecule has 152 valence electrons. The van der Waals surface area contributed by atoms with E-state index in [1.54, 1.807) is 26.0 Å². The zero-order valence-corrected chi connectivity index (χ0v) is 17.8. The molecule has 0 aliphatic heterocycles. The number of amides is 1. The van der Waals surface area contributed by atoms with Crippen LogP contribution >= 0.6 is 0 Å². The zero-order valence-electron chi connectivity index (χ0n) is 17.0. The second-order valence-electron chi connectivity index (χ2n) is 8.05. The van der Waals surface area contributed by atoms with E-state index < -0.39 is 10.0 Å². The Bertz CT molecular complexity index is 731. The first-order chi connectivity index (χ1) is 12.6. The minimum Gasteiger partial charge on any atom is -0.325 e. The van der Waals surface area contributed by atoms with Crippen molar-refractivity contribution in [3.63, 3.8) is 0 Å². The average molecular weight is 396 g/mol. The molecule has 0 spiro atoms. The number of carbonyl (C=O) groups is 1. The van der Waals surface area contributed by atoms with Gasteiger partial charge in [0.25, 0.3) is 0 Å². The molecule has 27 heavy (non-hydrogen) atoms. The molecular weight excluding hydrogens is 362 g/mol. The molecular formula is C20H33N3O3S. The Morgan fingerprint density at radius 2 is 1.70 bits per heavy atom. The lowest BCUT2D eigenvalue weighted by atomic mass is 9.78. The lowest BCUT2D eigenvalue weighted by molar-refractivity contribution is -0.118. The fourth-order valence-corrected chi connectivity index (χ4v) is 4.81. The molecule has 0 radical (unpaired) electrons. The largest absolute Gasteiger partial charge is 0.325 e. The van der Waals surface area contributed by atoms with Gasteiger partial charge < -0.3 is 10.6 Å². The van der Waals surface area contributed by atoms with E-state index in [-0.39, 0.29) is 22.9 Å². The molecule has 2 rings (SSSR count). The number of benzene rings is 1. The molecule has 1 fully saturated rings. The molecule has 4 atom stereocenters. The van der Waals surface area contributed by atoms with Crippen LogP contribution in [0.15, 0.2) is 29.2 Å². The number of sulfonamides is 1. The highest BCUT2D eigenvalue weighted by molar-refractivity contribution is 7.89. The van der Waals surface area contributed by atoms with Crippen molar-refractivity contribution in [2.45, 2.75) is 76.9 Å². The fraction of sp³-hybridized carbons (Fsp3) is 0.650. The van der Waals surface area contributed by atoms with Gasteiger partial charge in [0.2, 0.25) is 15.9 Å². The third-order valence-electron chi connectivity index (χ3n) is 5.39. The summed E-state index contributed by atoms with van der Waals surface area (Å²) in [5.74, 6) is 1.10. The highest BCUT2D eigenvalue weighted by Crippen LogP contribution is 2.29. The van der Waals surface area contributed by atoms with E-state index in [1.165, 1.54) is 25.0 Å². The van der Waals surface area contributed by atoms with Crippen molar-refractivity contribution in [3.8, 4) is 0 Å². The van der Waals surface area contributed by atoms with Crippen molar-refractivity contribution in [1.82, 2.24) is 10.0 Å². The maximum Gasteiger partial charge on any atom is 0.241 e. The van der Waals surface area contributed by atoms with Gasteiger partial charge in [-0.2, -0.15) is 0 Å². The van der Waals surface area contributed by atoms with Crippen LogP contribution in [0, 0.1) is 11.8 Å². The van der Waals surface area contributed by atoms with Crippen molar-refractivity contribution >= 4 is 21.6 Å². The predicted octanol–water partition coefficient (Wildman–Crippen LogP) is 3.11. The topological polar surface area (TPSA) is 87.3 Å². The first kappa shape index (κ1) is 21.9. The number of carbonyl (C=O) groups excluding carboxylic acids is 1. The summed E-state index contributed by atoms with van der Waals surface area (Å²) in [7, 11) is -3.53. The van der Waals surface area contributed by atoms with E-state index in [9.17, 15) is 13.2 Å². The standard InChI is InChI=1S/C20H33N3O3S/c1-13(2)23-27(25,26)18-11-9-17(10-12-18)22-20(24)16(5)21-19-8-6-7-14(3)15(19)4/h9-16,19,21,23H,6-8H2,1-5H3,(H,22,24)/t14-,15+,16-,19+/m0/s1. The smallest absolute Gasteiger partial charge is 0.241 e. The van der Waals surface area contributed by atoms with Gasteiger partial charge in [-0.3, -0.25) is 4.79 Å². The van der Waals surface area contributed by atoms with Gasteiger partial charge in [-0.05, 0) is 63.3 Å². The second kappa shape index (κ2) is 9.17. The van der Waals surface area contributed by atoms with Crippen LogP contribution in [0.5, 0.6) is 0 Å². The van der Waals surface area contributed by atoms with E-state index in [0.717, 1.165) is 6.42 Å². The lowest BCUT2D eigenvalue weighted by Crippen LogP contribution is -2.49. The molecule has 6 nitrogen and oxygen atoms in total. The normalized spacial score (nSPS) is 24.6. The minimum atomic E-state index is -3.53. The Morgan fingerprint density at radius 1 is 1.07 bits per heavy atom. The van der Waals surface area contributed by atoms with E-state index in [0.29, 0.717) is 23.6 Å². The summed E-state index contributed by atoms with van der Waals surface area (Å²) in [4.78, 5) is 12.7. The molecule has 0 unspecified atom stereocenters. The molecule has 0 saturated heterocycles. The van der Waals surface area contributed by atoms with Crippen molar-refractivity contribution in [1.29, 1.82) is 0 Å². The van der Waals surface area contributed by atoms with Crippen molar-refractivity contribution < 1.29 is 13.2 Å². The molecule has 1 saturated carbocycles. The van der Waals surface area contributed by atoms with Gasteiger partial charge in [0.15, 0.2) is 0 Å². The van der Waals surface area contributed by atoms with Crippen LogP contribution in [-0.4, -0.2) is 32.5 Å². The summed E-state index contributed by atoms with van der Waals surface area (Å²) in [6.45, 7) is 9.93. The Hall–Kier alpha value is -1.44. The summed E-state index contributed by atoms with van der Waals surface area (Å²) in [6, 6.07) is 6.10. The van der Waals surface area contributed by atoms with E-state index >= 15 is 0 Å². The first-order valence-electron chi connectivity index (χ1n) is 9.79. The van der Waals surface area contributed by atoms with Crippen LogP contribution in [0.4, 0.5) is 5.69 Å². The van der Waals surface area contributed by atoms with Crippen LogP contribution < -0.4 is 15.4 Å². The maximum atomic E-state index is 12.5. The first-order valence-corrected chi connectivity index (χ1v) is 11.3. The molecule has 0 bridgehead atoms. The van der Waals surface area contributed by atoms with Crippen LogP contribution in [0.2, 0.25) is 0 Å². The van der Waals surface area contributed by atoms with Crippen molar-refractivity contribution in [3.05, 3.63) is 24.3 Å². The van der Waals surface area contributed by atoms with E-state index in [2.05, 4.69) is 29.2 Å². The summed E-state index contributed by atoms with van der Waals surface area (Å²) in [6.07, 6.45) is 3.54. The van der Waals surface area contributed by atoms with Crippen molar-refractivity contribution in [2.75, 3.05) is 5.32 Å². The highest BCUT2D eigenvalue weighted by Gasteiger charge is 2.29. The highest BCUT2D eigenvalue weighted by atomic mass is 32.2. The third kappa shape index (κ3) is 6.02. The number of rotatable bonds is 7. The number of nitrogens with one attached hydrogen (secondary N) is 3. The van der Waals surface area contributed by atoms with Gasteiger partial charge in [-0.15, -0.1) is 0 Å². The van der Waals surface area contributed by atoms with E-state index in [4.69, 9.17) is 0 Å². The number of hydrogen-bond donors (Lipinski definition) is 3.